The second-order valence-electron chi connectivity index (χ2n) is 9.28. The average molecular weight is 490 g/mol. The zero-order chi connectivity index (χ0) is 24.4. The molecule has 1 N–H and O–H groups in total. The van der Waals surface area contributed by atoms with Crippen molar-refractivity contribution in [3.05, 3.63) is 77.1 Å². The van der Waals surface area contributed by atoms with Crippen LogP contribution in [0.1, 0.15) is 41.7 Å². The summed E-state index contributed by atoms with van der Waals surface area (Å²) in [4.78, 5) is 29.8. The van der Waals surface area contributed by atoms with Crippen LogP contribution < -0.4 is 5.32 Å². The highest BCUT2D eigenvalue weighted by Crippen LogP contribution is 2.30. The zero-order valence-electron chi connectivity index (χ0n) is 19.7. The molecule has 1 fully saturated rings. The van der Waals surface area contributed by atoms with Crippen LogP contribution in [0.3, 0.4) is 0 Å². The van der Waals surface area contributed by atoms with Gasteiger partial charge in [-0.2, -0.15) is 0 Å². The van der Waals surface area contributed by atoms with E-state index in [4.69, 9.17) is 21.3 Å². The average Bonchev–Trinajstić information content (AvgIpc) is 3.28. The molecular weight excluding hydrogens is 462 g/mol. The Balaban J connectivity index is 1.33. The molecule has 2 heterocycles. The first kappa shape index (κ1) is 23.4. The molecule has 0 unspecified atom stereocenters. The van der Waals surface area contributed by atoms with Crippen molar-refractivity contribution >= 4 is 45.3 Å². The number of carbonyl (C=O) groups is 2. The van der Waals surface area contributed by atoms with Gasteiger partial charge in [0.25, 0.3) is 5.91 Å². The van der Waals surface area contributed by atoms with Gasteiger partial charge in [0.05, 0.1) is 41.9 Å². The lowest BCUT2D eigenvalue weighted by molar-refractivity contribution is -0.146. The number of rotatable bonds is 6. The predicted molar refractivity (Wildman–Crippen MR) is 138 cm³/mol. The van der Waals surface area contributed by atoms with Gasteiger partial charge >= 0.3 is 5.97 Å². The molecule has 0 aliphatic heterocycles. The quantitative estimate of drug-likeness (QED) is 0.358. The number of halogens is 1. The topological polar surface area (TPSA) is 73.2 Å². The number of benzene rings is 2. The summed E-state index contributed by atoms with van der Waals surface area (Å²) in [6.07, 6.45) is 5.37. The molecule has 1 amide bonds. The smallest absolute Gasteiger partial charge is 0.308 e. The van der Waals surface area contributed by atoms with E-state index in [0.717, 1.165) is 53.2 Å². The number of nitrogens with zero attached hydrogens (tertiary/aromatic N) is 2. The molecule has 7 heteroatoms. The van der Waals surface area contributed by atoms with Crippen molar-refractivity contribution in [2.45, 2.75) is 32.2 Å². The van der Waals surface area contributed by atoms with E-state index >= 15 is 0 Å². The van der Waals surface area contributed by atoms with E-state index in [1.807, 2.05) is 48.7 Å². The molecule has 1 aliphatic carbocycles. The molecule has 0 radical (unpaired) electrons. The number of aromatic nitrogens is 2. The van der Waals surface area contributed by atoms with Crippen molar-refractivity contribution in [1.82, 2.24) is 14.9 Å². The number of amides is 1. The highest BCUT2D eigenvalue weighted by Gasteiger charge is 2.27. The van der Waals surface area contributed by atoms with Crippen LogP contribution in [0.2, 0.25) is 5.02 Å². The maximum atomic E-state index is 13.3. The van der Waals surface area contributed by atoms with Crippen LogP contribution in [-0.2, 0) is 16.1 Å². The molecule has 5 rings (SSSR count). The van der Waals surface area contributed by atoms with E-state index in [9.17, 15) is 9.59 Å². The summed E-state index contributed by atoms with van der Waals surface area (Å²) < 4.78 is 6.93. The Morgan fingerprint density at radius 2 is 1.86 bits per heavy atom. The highest BCUT2D eigenvalue weighted by molar-refractivity contribution is 6.32. The van der Waals surface area contributed by atoms with Gasteiger partial charge in [-0.25, -0.2) is 0 Å². The Kier molecular flexibility index (Phi) is 6.73. The van der Waals surface area contributed by atoms with E-state index in [1.165, 1.54) is 7.11 Å². The normalized spacial score (nSPS) is 18.0. The minimum atomic E-state index is -0.140. The largest absolute Gasteiger partial charge is 0.469 e. The number of methoxy groups -OCH3 is 1. The highest BCUT2D eigenvalue weighted by atomic mass is 35.5. The van der Waals surface area contributed by atoms with Gasteiger partial charge in [0.15, 0.2) is 0 Å². The van der Waals surface area contributed by atoms with Crippen LogP contribution in [0, 0.1) is 11.8 Å². The molecule has 35 heavy (non-hydrogen) atoms. The van der Waals surface area contributed by atoms with E-state index in [0.29, 0.717) is 29.6 Å². The monoisotopic (exact) mass is 489 g/mol. The fraction of sp³-hybridized carbons (Fsp3) is 0.321. The van der Waals surface area contributed by atoms with Crippen molar-refractivity contribution in [2.24, 2.45) is 11.8 Å². The SMILES string of the molecule is COC(=O)[C@H]1CC[C@@H](CNC(=O)c2cc(Cl)cc3ccn(Cc4ccc5ccccc5n4)c23)CC1. The minimum Gasteiger partial charge on any atom is -0.469 e. The molecule has 0 bridgehead atoms. The molecule has 1 aliphatic rings. The Morgan fingerprint density at radius 3 is 2.66 bits per heavy atom. The van der Waals surface area contributed by atoms with Gasteiger partial charge in [0.2, 0.25) is 0 Å². The molecule has 6 nitrogen and oxygen atoms in total. The molecule has 4 aromatic rings. The summed E-state index contributed by atoms with van der Waals surface area (Å²) in [5, 5.41) is 5.66. The van der Waals surface area contributed by atoms with Crippen LogP contribution in [0.5, 0.6) is 0 Å². The summed E-state index contributed by atoms with van der Waals surface area (Å²) in [6, 6.07) is 17.7. The molecule has 2 aromatic carbocycles. The summed E-state index contributed by atoms with van der Waals surface area (Å²) in [7, 11) is 1.44. The van der Waals surface area contributed by atoms with Crippen LogP contribution >= 0.6 is 11.6 Å². The minimum absolute atomic E-state index is 0.0218. The van der Waals surface area contributed by atoms with E-state index in [2.05, 4.69) is 16.0 Å². The third kappa shape index (κ3) is 5.03. The van der Waals surface area contributed by atoms with Crippen LogP contribution in [0.4, 0.5) is 0 Å². The summed E-state index contributed by atoms with van der Waals surface area (Å²) in [6.45, 7) is 1.13. The van der Waals surface area contributed by atoms with E-state index in [-0.39, 0.29) is 17.8 Å². The molecular formula is C28H28ClN3O3. The first-order valence-corrected chi connectivity index (χ1v) is 12.4. The fourth-order valence-corrected chi connectivity index (χ4v) is 5.32. The van der Waals surface area contributed by atoms with E-state index < -0.39 is 0 Å². The lowest BCUT2D eigenvalue weighted by Gasteiger charge is -2.27. The summed E-state index contributed by atoms with van der Waals surface area (Å²) in [5.41, 5.74) is 3.27. The molecule has 0 saturated heterocycles. The Morgan fingerprint density at radius 1 is 1.06 bits per heavy atom. The molecule has 0 atom stereocenters. The van der Waals surface area contributed by atoms with Crippen molar-refractivity contribution in [3.8, 4) is 0 Å². The Labute approximate surface area is 209 Å². The second-order valence-corrected chi connectivity index (χ2v) is 9.72. The Bertz CT molecular complexity index is 1390. The lowest BCUT2D eigenvalue weighted by Crippen LogP contribution is -2.33. The van der Waals surface area contributed by atoms with Crippen LogP contribution in [0.25, 0.3) is 21.8 Å². The van der Waals surface area contributed by atoms with Gasteiger partial charge < -0.3 is 14.6 Å². The van der Waals surface area contributed by atoms with Gasteiger partial charge in [0, 0.05) is 28.5 Å². The molecule has 0 spiro atoms. The van der Waals surface area contributed by atoms with Crippen LogP contribution in [-0.4, -0.2) is 35.1 Å². The maximum Gasteiger partial charge on any atom is 0.308 e. The zero-order valence-corrected chi connectivity index (χ0v) is 20.4. The molecule has 2 aromatic heterocycles. The number of carbonyl (C=O) groups excluding carboxylic acids is 2. The number of ether oxygens (including phenoxy) is 1. The second kappa shape index (κ2) is 10.1. The molecule has 180 valence electrons. The van der Waals surface area contributed by atoms with Gasteiger partial charge in [-0.3, -0.25) is 14.6 Å². The third-order valence-corrected chi connectivity index (χ3v) is 7.21. The number of nitrogens with one attached hydrogen (secondary N) is 1. The first-order valence-electron chi connectivity index (χ1n) is 12.0. The predicted octanol–water partition coefficient (Wildman–Crippen LogP) is 5.60. The van der Waals surface area contributed by atoms with Crippen molar-refractivity contribution in [2.75, 3.05) is 13.7 Å². The molecule has 1 saturated carbocycles. The number of hydrogen-bond donors (Lipinski definition) is 1. The standard InChI is InChI=1S/C28H28ClN3O3/c1-35-28(34)20-8-6-18(7-9-20)16-30-27(33)24-15-22(29)14-21-12-13-32(26(21)24)17-23-11-10-19-4-2-3-5-25(19)31-23/h2-5,10-15,18,20H,6-9,16-17H2,1H3,(H,30,33)/t18-,20+. The van der Waals surface area contributed by atoms with Crippen LogP contribution in [0.15, 0.2) is 60.8 Å². The van der Waals surface area contributed by atoms with Crippen molar-refractivity contribution in [1.29, 1.82) is 0 Å². The number of esters is 1. The van der Waals surface area contributed by atoms with Gasteiger partial charge in [-0.1, -0.05) is 35.9 Å². The summed E-state index contributed by atoms with van der Waals surface area (Å²) in [5.74, 6) is 0.0594. The number of fused-ring (bicyclic) bond motifs is 2. The lowest BCUT2D eigenvalue weighted by atomic mass is 9.82. The summed E-state index contributed by atoms with van der Waals surface area (Å²) >= 11 is 6.37. The van der Waals surface area contributed by atoms with Crippen molar-refractivity contribution < 1.29 is 14.3 Å². The van der Waals surface area contributed by atoms with E-state index in [1.54, 1.807) is 6.07 Å². The third-order valence-electron chi connectivity index (χ3n) is 6.99. The Hall–Kier alpha value is -3.38. The van der Waals surface area contributed by atoms with Crippen molar-refractivity contribution in [3.63, 3.8) is 0 Å². The van der Waals surface area contributed by atoms with Gasteiger partial charge in [-0.05, 0) is 61.9 Å². The number of hydrogen-bond acceptors (Lipinski definition) is 4. The first-order chi connectivity index (χ1) is 17.0. The number of para-hydroxylation sites is 1. The maximum absolute atomic E-state index is 13.3. The van der Waals surface area contributed by atoms with Gasteiger partial charge in [-0.15, -0.1) is 0 Å². The fourth-order valence-electron chi connectivity index (χ4n) is 5.09. The van der Waals surface area contributed by atoms with Gasteiger partial charge in [0.1, 0.15) is 0 Å². The number of pyridine rings is 1.